The molecule has 15 nitrogen and oxygen atoms in total. The first kappa shape index (κ1) is 38.5. The fourth-order valence-electron chi connectivity index (χ4n) is 9.45. The Labute approximate surface area is 326 Å². The standard InChI is InChI=1S/C42H43N3O12/c46-21-33-36(50)37(51)38(52)42(55,57-33)56-32-19-29-27(18-31(32)48)35-28(40(13-4-5-14-40)25-6-2-1-3-7-25)12-15-41(35,39(53)54)45(29)34(49)11-9-23-8-10-30(47)24(16-23)17-26-20-43-22-44-26/h1-3,6-12,15-16,18-20,28,33,35-38,46-48,50-52,55H,4-5,13-14,17,21-22H2,(H,53,54). The number of allylic oxidation sites excluding steroid dienone is 1. The number of aliphatic hydroxyl groups excluding tert-OH is 4. The molecule has 8 rings (SSSR count). The highest BCUT2D eigenvalue weighted by molar-refractivity contribution is 6.32. The summed E-state index contributed by atoms with van der Waals surface area (Å²) in [7, 11) is 0. The molecule has 298 valence electrons. The Morgan fingerprint density at radius 3 is 2.42 bits per heavy atom. The summed E-state index contributed by atoms with van der Waals surface area (Å²) >= 11 is 0. The summed E-state index contributed by atoms with van der Waals surface area (Å²) in [5, 5.41) is 85.8. The van der Waals surface area contributed by atoms with Crippen LogP contribution in [-0.2, 0) is 26.2 Å². The fourth-order valence-corrected chi connectivity index (χ4v) is 9.45. The second kappa shape index (κ2) is 14.5. The molecule has 1 saturated carbocycles. The maximum absolute atomic E-state index is 14.7. The van der Waals surface area contributed by atoms with Crippen molar-refractivity contribution in [2.45, 2.75) is 79.4 Å². The number of anilines is 1. The summed E-state index contributed by atoms with van der Waals surface area (Å²) in [5.41, 5.74) is 0.600. The number of fused-ring (bicyclic) bond motifs is 3. The molecule has 1 saturated heterocycles. The molecule has 8 atom stereocenters. The highest BCUT2D eigenvalue weighted by atomic mass is 16.8. The van der Waals surface area contributed by atoms with Crippen molar-refractivity contribution in [2.75, 3.05) is 18.2 Å². The van der Waals surface area contributed by atoms with Crippen molar-refractivity contribution in [2.24, 2.45) is 15.9 Å². The lowest BCUT2D eigenvalue weighted by molar-refractivity contribution is -0.422. The number of carboxylic acids is 1. The first-order valence-corrected chi connectivity index (χ1v) is 18.8. The third kappa shape index (κ3) is 6.22. The molecule has 3 aromatic rings. The Morgan fingerprint density at radius 1 is 0.982 bits per heavy atom. The van der Waals surface area contributed by atoms with Crippen LogP contribution in [0.1, 0.15) is 53.9 Å². The van der Waals surface area contributed by atoms with Gasteiger partial charge in [-0.3, -0.25) is 19.7 Å². The van der Waals surface area contributed by atoms with Crippen LogP contribution in [0.25, 0.3) is 6.08 Å². The van der Waals surface area contributed by atoms with Crippen LogP contribution in [-0.4, -0.2) is 114 Å². The van der Waals surface area contributed by atoms with Gasteiger partial charge in [0.25, 0.3) is 5.91 Å². The van der Waals surface area contributed by atoms with Gasteiger partial charge in [0.05, 0.1) is 18.0 Å². The number of benzene rings is 3. The molecule has 3 aromatic carbocycles. The summed E-state index contributed by atoms with van der Waals surface area (Å²) in [6.07, 6.45) is 3.58. The number of rotatable bonds is 10. The highest BCUT2D eigenvalue weighted by Crippen LogP contribution is 2.64. The number of phenolic OH excluding ortho intramolecular Hbond substituents is 2. The van der Waals surface area contributed by atoms with Gasteiger partial charge in [0.2, 0.25) is 0 Å². The van der Waals surface area contributed by atoms with E-state index in [-0.39, 0.29) is 11.4 Å². The van der Waals surface area contributed by atoms with E-state index >= 15 is 0 Å². The molecule has 1 amide bonds. The van der Waals surface area contributed by atoms with E-state index in [1.54, 1.807) is 18.3 Å². The minimum Gasteiger partial charge on any atom is -0.508 e. The van der Waals surface area contributed by atoms with Crippen molar-refractivity contribution in [3.05, 3.63) is 101 Å². The molecule has 15 heteroatoms. The first-order valence-electron chi connectivity index (χ1n) is 18.8. The van der Waals surface area contributed by atoms with Gasteiger partial charge in [0, 0.05) is 41.7 Å². The molecular weight excluding hydrogens is 738 g/mol. The molecule has 0 aromatic heterocycles. The van der Waals surface area contributed by atoms with Crippen molar-refractivity contribution in [1.29, 1.82) is 0 Å². The smallest absolute Gasteiger partial charge is 0.355 e. The average Bonchev–Trinajstić information content (AvgIpc) is 4.02. The van der Waals surface area contributed by atoms with Crippen molar-refractivity contribution >= 4 is 35.6 Å². The minimum absolute atomic E-state index is 0.0254. The molecule has 2 fully saturated rings. The van der Waals surface area contributed by atoms with Crippen LogP contribution in [0, 0.1) is 5.92 Å². The van der Waals surface area contributed by atoms with E-state index in [1.807, 2.05) is 36.4 Å². The number of hydrogen-bond donors (Lipinski definition) is 8. The van der Waals surface area contributed by atoms with Crippen LogP contribution < -0.4 is 9.64 Å². The van der Waals surface area contributed by atoms with E-state index < -0.39 is 83.2 Å². The Kier molecular flexibility index (Phi) is 9.79. The summed E-state index contributed by atoms with van der Waals surface area (Å²) in [5.74, 6) is -7.70. The predicted octanol–water partition coefficient (Wildman–Crippen LogP) is 2.29. The molecule has 0 bridgehead atoms. The lowest BCUT2D eigenvalue weighted by Gasteiger charge is -2.44. The minimum atomic E-state index is -3.11. The predicted molar refractivity (Wildman–Crippen MR) is 205 cm³/mol. The van der Waals surface area contributed by atoms with E-state index in [9.17, 15) is 50.4 Å². The van der Waals surface area contributed by atoms with Gasteiger partial charge in [-0.05, 0) is 59.7 Å². The molecule has 3 aliphatic heterocycles. The van der Waals surface area contributed by atoms with Gasteiger partial charge in [0.1, 0.15) is 30.7 Å². The lowest BCUT2D eigenvalue weighted by Crippen LogP contribution is -2.67. The second-order valence-corrected chi connectivity index (χ2v) is 15.3. The second-order valence-electron chi connectivity index (χ2n) is 15.3. The van der Waals surface area contributed by atoms with Gasteiger partial charge in [-0.1, -0.05) is 61.4 Å². The number of aliphatic carboxylic acids is 1. The fraction of sp³-hybridized carbons (Fsp3) is 0.381. The summed E-state index contributed by atoms with van der Waals surface area (Å²) < 4.78 is 10.9. The quantitative estimate of drug-likeness (QED) is 0.0840. The highest BCUT2D eigenvalue weighted by Gasteiger charge is 2.66. The Morgan fingerprint density at radius 2 is 1.74 bits per heavy atom. The molecule has 2 aliphatic carbocycles. The van der Waals surface area contributed by atoms with E-state index in [1.165, 1.54) is 30.4 Å². The maximum atomic E-state index is 14.7. The zero-order valence-electron chi connectivity index (χ0n) is 30.6. The van der Waals surface area contributed by atoms with Crippen LogP contribution >= 0.6 is 0 Å². The Bertz CT molecular complexity index is 2200. The third-order valence-corrected chi connectivity index (χ3v) is 12.2. The summed E-state index contributed by atoms with van der Waals surface area (Å²) in [6.45, 7) is -0.575. The largest absolute Gasteiger partial charge is 0.508 e. The van der Waals surface area contributed by atoms with Crippen LogP contribution in [0.4, 0.5) is 5.69 Å². The van der Waals surface area contributed by atoms with Crippen LogP contribution in [0.2, 0.25) is 0 Å². The number of ether oxygens (including phenoxy) is 2. The van der Waals surface area contributed by atoms with E-state index in [0.717, 1.165) is 42.2 Å². The van der Waals surface area contributed by atoms with Gasteiger partial charge >= 0.3 is 11.9 Å². The van der Waals surface area contributed by atoms with Crippen molar-refractivity contribution in [3.63, 3.8) is 0 Å². The molecule has 5 aliphatic rings. The molecule has 8 unspecified atom stereocenters. The molecule has 0 spiro atoms. The van der Waals surface area contributed by atoms with Gasteiger partial charge in [-0.25, -0.2) is 4.79 Å². The monoisotopic (exact) mass is 781 g/mol. The van der Waals surface area contributed by atoms with E-state index in [0.29, 0.717) is 35.5 Å². The van der Waals surface area contributed by atoms with Gasteiger partial charge in [-0.15, -0.1) is 0 Å². The number of carbonyl (C=O) groups is 2. The number of hydrogen-bond acceptors (Lipinski definition) is 13. The SMILES string of the molecule is O=C(C=Cc1ccc(O)c(CC2=NCN=C2)c1)N1c2cc(OC3(O)OC(CO)C(O)C(O)C3O)c(O)cc2C2C(C3(c4ccccc4)CCCC3)C=CC21C(=O)O. The Balaban J connectivity index is 1.24. The van der Waals surface area contributed by atoms with Crippen molar-refractivity contribution < 1.29 is 59.9 Å². The van der Waals surface area contributed by atoms with Crippen LogP contribution in [0.5, 0.6) is 17.2 Å². The third-order valence-electron chi connectivity index (χ3n) is 12.2. The number of aromatic hydroxyl groups is 2. The summed E-state index contributed by atoms with van der Waals surface area (Å²) in [6, 6.07) is 17.0. The van der Waals surface area contributed by atoms with E-state index in [2.05, 4.69) is 9.98 Å². The molecule has 3 heterocycles. The number of amides is 1. The first-order chi connectivity index (χ1) is 27.3. The number of aliphatic hydroxyl groups is 5. The number of aliphatic imine (C=N–C) groups is 2. The normalized spacial score (nSPS) is 31.1. The molecule has 8 N–H and O–H groups in total. The van der Waals surface area contributed by atoms with Gasteiger partial charge in [0.15, 0.2) is 23.1 Å². The van der Waals surface area contributed by atoms with Crippen molar-refractivity contribution in [1.82, 2.24) is 0 Å². The van der Waals surface area contributed by atoms with Crippen LogP contribution in [0.3, 0.4) is 0 Å². The summed E-state index contributed by atoms with van der Waals surface area (Å²) in [4.78, 5) is 38.0. The molecule has 0 radical (unpaired) electrons. The molecule has 57 heavy (non-hydrogen) atoms. The number of nitrogens with zero attached hydrogens (tertiary/aromatic N) is 3. The van der Waals surface area contributed by atoms with Crippen LogP contribution in [0.15, 0.2) is 88.9 Å². The number of carbonyl (C=O) groups excluding carboxylic acids is 1. The molecular formula is C42H43N3O12. The maximum Gasteiger partial charge on any atom is 0.355 e. The lowest BCUT2D eigenvalue weighted by atomic mass is 9.62. The van der Waals surface area contributed by atoms with Gasteiger partial charge in [-0.2, -0.15) is 0 Å². The van der Waals surface area contributed by atoms with Crippen molar-refractivity contribution in [3.8, 4) is 17.2 Å². The zero-order chi connectivity index (χ0) is 40.3. The Hall–Kier alpha value is -5.42. The zero-order valence-corrected chi connectivity index (χ0v) is 30.6. The van der Waals surface area contributed by atoms with Gasteiger partial charge < -0.3 is 50.3 Å². The number of phenols is 2. The van der Waals surface area contributed by atoms with E-state index in [4.69, 9.17) is 9.47 Å². The average molecular weight is 782 g/mol. The topological polar surface area (TPSA) is 242 Å². The number of carboxylic acid groups (broad SMARTS) is 1.